The second-order valence-corrected chi connectivity index (χ2v) is 9.59. The largest absolute Gasteiger partial charge is 0.337 e. The predicted molar refractivity (Wildman–Crippen MR) is 134 cm³/mol. The van der Waals surface area contributed by atoms with Crippen LogP contribution in [-0.2, 0) is 12.8 Å². The van der Waals surface area contributed by atoms with Crippen LogP contribution in [0, 0.1) is 11.6 Å². The number of aryl methyl sites for hydroxylation is 2. The number of anilines is 3. The Labute approximate surface area is 207 Å². The van der Waals surface area contributed by atoms with Gasteiger partial charge in [-0.25, -0.2) is 8.78 Å². The lowest BCUT2D eigenvalue weighted by atomic mass is 10.0. The quantitative estimate of drug-likeness (QED) is 0.365. The number of piperidine rings is 1. The van der Waals surface area contributed by atoms with Gasteiger partial charge in [-0.2, -0.15) is 4.98 Å². The molecule has 0 bridgehead atoms. The van der Waals surface area contributed by atoms with E-state index >= 15 is 0 Å². The van der Waals surface area contributed by atoms with Crippen LogP contribution in [0.1, 0.15) is 24.0 Å². The van der Waals surface area contributed by atoms with Crippen LogP contribution in [-0.4, -0.2) is 34.3 Å². The average Bonchev–Trinajstić information content (AvgIpc) is 3.30. The molecule has 6 rings (SSSR count). The summed E-state index contributed by atoms with van der Waals surface area (Å²) in [7, 11) is 0. The van der Waals surface area contributed by atoms with Crippen molar-refractivity contribution in [2.45, 2.75) is 31.7 Å². The van der Waals surface area contributed by atoms with Gasteiger partial charge in [-0.1, -0.05) is 11.6 Å². The maximum absolute atomic E-state index is 14.1. The summed E-state index contributed by atoms with van der Waals surface area (Å²) < 4.78 is 28.2. The molecule has 8 heteroatoms. The van der Waals surface area contributed by atoms with Gasteiger partial charge in [0, 0.05) is 35.1 Å². The number of rotatable bonds is 3. The second kappa shape index (κ2) is 8.96. The number of hydrogen-bond donors (Lipinski definition) is 1. The van der Waals surface area contributed by atoms with Gasteiger partial charge in [0.1, 0.15) is 11.6 Å². The van der Waals surface area contributed by atoms with Crippen molar-refractivity contribution in [3.63, 3.8) is 0 Å². The van der Waals surface area contributed by atoms with Crippen molar-refractivity contribution in [1.29, 1.82) is 0 Å². The maximum Gasteiger partial charge on any atom is 0.245 e. The topological polar surface area (TPSA) is 48.0 Å². The van der Waals surface area contributed by atoms with E-state index < -0.39 is 0 Å². The van der Waals surface area contributed by atoms with Gasteiger partial charge in [0.05, 0.1) is 6.04 Å². The fourth-order valence-electron chi connectivity index (χ4n) is 5.25. The molecule has 3 heterocycles. The normalized spacial score (nSPS) is 17.6. The third-order valence-electron chi connectivity index (χ3n) is 6.90. The van der Waals surface area contributed by atoms with E-state index in [4.69, 9.17) is 16.6 Å². The molecule has 2 aliphatic heterocycles. The van der Waals surface area contributed by atoms with Crippen molar-refractivity contribution >= 4 is 28.9 Å². The summed E-state index contributed by atoms with van der Waals surface area (Å²) >= 11 is 6.02. The summed E-state index contributed by atoms with van der Waals surface area (Å²) in [6.45, 7) is 1.54. The van der Waals surface area contributed by atoms with E-state index in [1.165, 1.54) is 12.1 Å². The lowest BCUT2D eigenvalue weighted by Gasteiger charge is -2.41. The van der Waals surface area contributed by atoms with Crippen LogP contribution in [0.2, 0.25) is 5.02 Å². The van der Waals surface area contributed by atoms with Crippen molar-refractivity contribution in [3.8, 4) is 11.4 Å². The number of benzene rings is 3. The maximum atomic E-state index is 14.1. The van der Waals surface area contributed by atoms with Crippen LogP contribution in [0.3, 0.4) is 0 Å². The molecule has 4 aromatic rings. The van der Waals surface area contributed by atoms with Crippen molar-refractivity contribution in [1.82, 2.24) is 15.2 Å². The van der Waals surface area contributed by atoms with Crippen LogP contribution in [0.5, 0.6) is 0 Å². The van der Waals surface area contributed by atoms with Gasteiger partial charge >= 0.3 is 0 Å². The molecule has 1 fully saturated rings. The zero-order valence-electron chi connectivity index (χ0n) is 19.0. The SMILES string of the molecule is Fc1ccc2c(c1)CCc1cc(F)ccc1N2C1CCCN(c2n[nH]c(-c3ccc(Cl)cc3)n2)C1. The van der Waals surface area contributed by atoms with Gasteiger partial charge in [-0.15, -0.1) is 5.10 Å². The first kappa shape index (κ1) is 22.0. The summed E-state index contributed by atoms with van der Waals surface area (Å²) in [5.41, 5.74) is 4.78. The summed E-state index contributed by atoms with van der Waals surface area (Å²) in [4.78, 5) is 9.20. The molecule has 1 atom stereocenters. The molecule has 178 valence electrons. The number of hydrogen-bond acceptors (Lipinski definition) is 4. The molecule has 1 unspecified atom stereocenters. The Kier molecular flexibility index (Phi) is 5.65. The van der Waals surface area contributed by atoms with Crippen LogP contribution >= 0.6 is 11.6 Å². The van der Waals surface area contributed by atoms with Gasteiger partial charge in [0.25, 0.3) is 0 Å². The van der Waals surface area contributed by atoms with Crippen LogP contribution in [0.15, 0.2) is 60.7 Å². The minimum absolute atomic E-state index is 0.104. The number of nitrogens with zero attached hydrogens (tertiary/aromatic N) is 4. The van der Waals surface area contributed by atoms with Gasteiger partial charge < -0.3 is 9.80 Å². The molecule has 1 N–H and O–H groups in total. The van der Waals surface area contributed by atoms with Crippen molar-refractivity contribution in [2.24, 2.45) is 0 Å². The smallest absolute Gasteiger partial charge is 0.245 e. The lowest BCUT2D eigenvalue weighted by molar-refractivity contribution is 0.492. The Balaban J connectivity index is 1.34. The minimum Gasteiger partial charge on any atom is -0.337 e. The molecule has 0 radical (unpaired) electrons. The summed E-state index contributed by atoms with van der Waals surface area (Å²) in [6.07, 6.45) is 3.25. The fraction of sp³-hybridized carbons (Fsp3) is 0.259. The molecule has 0 saturated carbocycles. The van der Waals surface area contributed by atoms with Gasteiger partial charge in [-0.05, 0) is 97.5 Å². The lowest BCUT2D eigenvalue weighted by Crippen LogP contribution is -2.47. The van der Waals surface area contributed by atoms with E-state index in [1.807, 2.05) is 36.4 Å². The highest BCUT2D eigenvalue weighted by Crippen LogP contribution is 2.40. The van der Waals surface area contributed by atoms with Crippen LogP contribution in [0.25, 0.3) is 11.4 Å². The summed E-state index contributed by atoms with van der Waals surface area (Å²) in [6, 6.07) is 17.5. The molecule has 3 aromatic carbocycles. The van der Waals surface area contributed by atoms with Gasteiger partial charge in [-0.3, -0.25) is 5.10 Å². The first-order valence-electron chi connectivity index (χ1n) is 11.8. The molecule has 0 aliphatic carbocycles. The molecule has 5 nitrogen and oxygen atoms in total. The molecular formula is C27H24ClF2N5. The number of aromatic nitrogens is 3. The van der Waals surface area contributed by atoms with E-state index in [9.17, 15) is 8.78 Å². The van der Waals surface area contributed by atoms with Crippen LogP contribution < -0.4 is 9.80 Å². The zero-order valence-corrected chi connectivity index (χ0v) is 19.8. The highest BCUT2D eigenvalue weighted by molar-refractivity contribution is 6.30. The first-order chi connectivity index (χ1) is 17.0. The fourth-order valence-corrected chi connectivity index (χ4v) is 5.38. The highest BCUT2D eigenvalue weighted by Gasteiger charge is 2.32. The minimum atomic E-state index is -0.249. The van der Waals surface area contributed by atoms with E-state index in [0.717, 1.165) is 47.5 Å². The molecule has 35 heavy (non-hydrogen) atoms. The zero-order chi connectivity index (χ0) is 23.9. The standard InChI is InChI=1S/C27H24ClF2N5/c28-20-7-5-17(6-8-20)26-31-27(33-32-26)34-13-1-2-23(16-34)35-24-11-9-21(29)14-18(24)3-4-19-15-22(30)10-12-25(19)35/h5-12,14-15,23H,1-4,13,16H2,(H,31,32,33). The first-order valence-corrected chi connectivity index (χ1v) is 12.2. The third kappa shape index (κ3) is 4.25. The van der Waals surface area contributed by atoms with Crippen molar-refractivity contribution in [2.75, 3.05) is 22.9 Å². The summed E-state index contributed by atoms with van der Waals surface area (Å²) in [5.74, 6) is 0.839. The van der Waals surface area contributed by atoms with E-state index in [0.29, 0.717) is 36.2 Å². The molecule has 1 saturated heterocycles. The third-order valence-corrected chi connectivity index (χ3v) is 7.15. The van der Waals surface area contributed by atoms with E-state index in [2.05, 4.69) is 20.0 Å². The molecular weight excluding hydrogens is 468 g/mol. The number of nitrogens with one attached hydrogen (secondary N) is 1. The van der Waals surface area contributed by atoms with Gasteiger partial charge in [0.15, 0.2) is 5.82 Å². The Morgan fingerprint density at radius 1 is 0.886 bits per heavy atom. The second-order valence-electron chi connectivity index (χ2n) is 9.15. The van der Waals surface area contributed by atoms with Gasteiger partial charge in [0.2, 0.25) is 5.95 Å². The number of H-pyrrole nitrogens is 1. The Morgan fingerprint density at radius 3 is 2.20 bits per heavy atom. The Morgan fingerprint density at radius 2 is 1.54 bits per heavy atom. The van der Waals surface area contributed by atoms with E-state index in [1.54, 1.807) is 12.1 Å². The highest BCUT2D eigenvalue weighted by atomic mass is 35.5. The Bertz CT molecular complexity index is 1320. The Hall–Kier alpha value is -3.45. The number of halogens is 3. The summed E-state index contributed by atoms with van der Waals surface area (Å²) in [5, 5.41) is 8.20. The number of aromatic amines is 1. The average molecular weight is 492 g/mol. The van der Waals surface area contributed by atoms with Crippen LogP contribution in [0.4, 0.5) is 26.1 Å². The molecule has 0 amide bonds. The molecule has 2 aliphatic rings. The van der Waals surface area contributed by atoms with Crippen molar-refractivity contribution in [3.05, 3.63) is 88.4 Å². The predicted octanol–water partition coefficient (Wildman–Crippen LogP) is 6.31. The van der Waals surface area contributed by atoms with E-state index in [-0.39, 0.29) is 17.7 Å². The monoisotopic (exact) mass is 491 g/mol. The molecule has 0 spiro atoms. The molecule has 1 aromatic heterocycles. The van der Waals surface area contributed by atoms with Crippen molar-refractivity contribution < 1.29 is 8.78 Å². The number of fused-ring (bicyclic) bond motifs is 2.